The van der Waals surface area contributed by atoms with Gasteiger partial charge in [-0.2, -0.15) is 5.10 Å². The van der Waals surface area contributed by atoms with E-state index in [1.165, 1.54) is 28.9 Å². The molecule has 0 spiro atoms. The number of rotatable bonds is 5. The van der Waals surface area contributed by atoms with Crippen molar-refractivity contribution in [2.75, 3.05) is 13.2 Å². The first-order valence-corrected chi connectivity index (χ1v) is 8.48. The van der Waals surface area contributed by atoms with E-state index in [1.54, 1.807) is 13.0 Å². The molecule has 26 heavy (non-hydrogen) atoms. The number of aliphatic hydroxyl groups excluding tert-OH is 2. The van der Waals surface area contributed by atoms with Crippen molar-refractivity contribution in [3.63, 3.8) is 0 Å². The first-order chi connectivity index (χ1) is 12.3. The van der Waals surface area contributed by atoms with Gasteiger partial charge in [0.15, 0.2) is 0 Å². The number of halogens is 3. The molecule has 2 aromatic rings. The summed E-state index contributed by atoms with van der Waals surface area (Å²) in [4.78, 5) is 0. The predicted molar refractivity (Wildman–Crippen MR) is 94.6 cm³/mol. The molecule has 1 heterocycles. The molecule has 0 saturated heterocycles. The molecule has 0 aliphatic heterocycles. The standard InChI is InChI=1S/C14H15F3N2O3.2C2H6/c1-9-6-13(10(7-20)8-21)18-19(9)11-2-4-12(5-3-11)22-14(15,16)17;2*1-2/h2-6,10,20-21H,7-8H2,1H3;2*1-2H3. The van der Waals surface area contributed by atoms with Crippen LogP contribution >= 0.6 is 0 Å². The highest BCUT2D eigenvalue weighted by atomic mass is 19.4. The van der Waals surface area contributed by atoms with E-state index in [9.17, 15) is 13.2 Å². The van der Waals surface area contributed by atoms with Crippen LogP contribution < -0.4 is 4.74 Å². The van der Waals surface area contributed by atoms with Gasteiger partial charge in [-0.3, -0.25) is 0 Å². The number of aryl methyl sites for hydroxylation is 1. The Morgan fingerprint density at radius 2 is 1.54 bits per heavy atom. The van der Waals surface area contributed by atoms with Gasteiger partial charge >= 0.3 is 6.36 Å². The third kappa shape index (κ3) is 7.05. The fourth-order valence-electron chi connectivity index (χ4n) is 1.99. The van der Waals surface area contributed by atoms with E-state index < -0.39 is 12.3 Å². The van der Waals surface area contributed by atoms with Crippen molar-refractivity contribution in [1.29, 1.82) is 0 Å². The molecule has 0 unspecified atom stereocenters. The Morgan fingerprint density at radius 1 is 1.04 bits per heavy atom. The van der Waals surface area contributed by atoms with Crippen LogP contribution in [0.1, 0.15) is 45.0 Å². The Bertz CT molecular complexity index is 622. The summed E-state index contributed by atoms with van der Waals surface area (Å²) in [5.41, 5.74) is 1.79. The summed E-state index contributed by atoms with van der Waals surface area (Å²) in [5.74, 6) is -0.808. The highest BCUT2D eigenvalue weighted by Gasteiger charge is 2.31. The summed E-state index contributed by atoms with van der Waals surface area (Å²) >= 11 is 0. The van der Waals surface area contributed by atoms with Crippen LogP contribution in [0.2, 0.25) is 0 Å². The quantitative estimate of drug-likeness (QED) is 0.821. The molecule has 0 atom stereocenters. The van der Waals surface area contributed by atoms with E-state index in [4.69, 9.17) is 10.2 Å². The molecule has 0 saturated carbocycles. The van der Waals surface area contributed by atoms with Crippen molar-refractivity contribution in [3.05, 3.63) is 41.7 Å². The topological polar surface area (TPSA) is 67.5 Å². The second-order valence-corrected chi connectivity index (χ2v) is 4.73. The number of alkyl halides is 3. The summed E-state index contributed by atoms with van der Waals surface area (Å²) in [5, 5.41) is 22.6. The van der Waals surface area contributed by atoms with Gasteiger partial charge in [0.25, 0.3) is 0 Å². The average molecular weight is 376 g/mol. The molecule has 0 bridgehead atoms. The first-order valence-electron chi connectivity index (χ1n) is 8.48. The molecule has 0 aliphatic rings. The van der Waals surface area contributed by atoms with Gasteiger partial charge in [0.1, 0.15) is 5.75 Å². The molecule has 2 rings (SSSR count). The number of hydrogen-bond acceptors (Lipinski definition) is 4. The normalized spacial score (nSPS) is 10.6. The van der Waals surface area contributed by atoms with E-state index in [-0.39, 0.29) is 19.0 Å². The lowest BCUT2D eigenvalue weighted by Gasteiger charge is -2.10. The Labute approximate surface area is 152 Å². The van der Waals surface area contributed by atoms with Crippen molar-refractivity contribution >= 4 is 0 Å². The first kappa shape index (κ1) is 23.9. The number of aromatic nitrogens is 2. The van der Waals surface area contributed by atoms with Gasteiger partial charge in [-0.25, -0.2) is 4.68 Å². The maximum Gasteiger partial charge on any atom is 0.573 e. The van der Waals surface area contributed by atoms with Crippen LogP contribution in [-0.4, -0.2) is 39.6 Å². The molecule has 1 aromatic carbocycles. The third-order valence-electron chi connectivity index (χ3n) is 3.08. The Balaban J connectivity index is 0.00000146. The number of nitrogens with zero attached hydrogens (tertiary/aromatic N) is 2. The van der Waals surface area contributed by atoms with Gasteiger partial charge in [0.2, 0.25) is 0 Å². The van der Waals surface area contributed by atoms with Crippen LogP contribution in [-0.2, 0) is 0 Å². The Hall–Kier alpha value is -2.06. The van der Waals surface area contributed by atoms with E-state index >= 15 is 0 Å². The number of ether oxygens (including phenoxy) is 1. The zero-order valence-electron chi connectivity index (χ0n) is 15.7. The molecule has 8 heteroatoms. The minimum absolute atomic E-state index is 0.245. The minimum Gasteiger partial charge on any atom is -0.406 e. The maximum atomic E-state index is 12.1. The van der Waals surface area contributed by atoms with Crippen LogP contribution in [0.15, 0.2) is 30.3 Å². The summed E-state index contributed by atoms with van der Waals surface area (Å²) in [7, 11) is 0. The highest BCUT2D eigenvalue weighted by Crippen LogP contribution is 2.24. The van der Waals surface area contributed by atoms with Crippen molar-refractivity contribution in [1.82, 2.24) is 9.78 Å². The van der Waals surface area contributed by atoms with Crippen molar-refractivity contribution in [2.45, 2.75) is 46.9 Å². The molecule has 0 radical (unpaired) electrons. The van der Waals surface area contributed by atoms with Crippen LogP contribution in [0, 0.1) is 6.92 Å². The van der Waals surface area contributed by atoms with Crippen molar-refractivity contribution in [2.24, 2.45) is 0 Å². The summed E-state index contributed by atoms with van der Waals surface area (Å²) < 4.78 is 41.7. The van der Waals surface area contributed by atoms with Crippen LogP contribution in [0.25, 0.3) is 5.69 Å². The van der Waals surface area contributed by atoms with Gasteiger partial charge in [0.05, 0.1) is 24.6 Å². The van der Waals surface area contributed by atoms with E-state index in [1.807, 2.05) is 27.7 Å². The van der Waals surface area contributed by atoms with Crippen LogP contribution in [0.3, 0.4) is 0 Å². The molecule has 0 amide bonds. The Morgan fingerprint density at radius 3 is 1.96 bits per heavy atom. The summed E-state index contributed by atoms with van der Waals surface area (Å²) in [6.07, 6.45) is -4.73. The predicted octanol–water partition coefficient (Wildman–Crippen LogP) is 4.20. The van der Waals surface area contributed by atoms with E-state index in [0.717, 1.165) is 5.69 Å². The smallest absolute Gasteiger partial charge is 0.406 e. The zero-order valence-corrected chi connectivity index (χ0v) is 15.7. The molecule has 1 aromatic heterocycles. The van der Waals surface area contributed by atoms with Gasteiger partial charge in [-0.15, -0.1) is 13.2 Å². The number of benzene rings is 1. The molecule has 5 nitrogen and oxygen atoms in total. The van der Waals surface area contributed by atoms with Gasteiger partial charge in [-0.05, 0) is 37.3 Å². The van der Waals surface area contributed by atoms with Crippen molar-refractivity contribution < 1.29 is 28.1 Å². The second-order valence-electron chi connectivity index (χ2n) is 4.73. The van der Waals surface area contributed by atoms with Gasteiger partial charge < -0.3 is 14.9 Å². The fourth-order valence-corrected chi connectivity index (χ4v) is 1.99. The maximum absolute atomic E-state index is 12.1. The molecule has 0 aliphatic carbocycles. The lowest BCUT2D eigenvalue weighted by Crippen LogP contribution is -2.17. The summed E-state index contributed by atoms with van der Waals surface area (Å²) in [6.45, 7) is 9.28. The monoisotopic (exact) mass is 376 g/mol. The lowest BCUT2D eigenvalue weighted by molar-refractivity contribution is -0.274. The molecular weight excluding hydrogens is 349 g/mol. The van der Waals surface area contributed by atoms with Gasteiger partial charge in [0, 0.05) is 11.6 Å². The number of hydrogen-bond donors (Lipinski definition) is 2. The van der Waals surface area contributed by atoms with Crippen molar-refractivity contribution in [3.8, 4) is 11.4 Å². The average Bonchev–Trinajstić information content (AvgIpc) is 3.00. The fraction of sp³-hybridized carbons (Fsp3) is 0.500. The molecule has 148 valence electrons. The Kier molecular flexibility index (Phi) is 10.6. The minimum atomic E-state index is -4.73. The van der Waals surface area contributed by atoms with Gasteiger partial charge in [-0.1, -0.05) is 27.7 Å². The largest absolute Gasteiger partial charge is 0.573 e. The lowest BCUT2D eigenvalue weighted by atomic mass is 10.1. The zero-order chi connectivity index (χ0) is 20.3. The summed E-state index contributed by atoms with van der Waals surface area (Å²) in [6, 6.07) is 6.98. The SMILES string of the molecule is CC.CC.Cc1cc(C(CO)CO)nn1-c1ccc(OC(F)(F)F)cc1. The number of aliphatic hydroxyl groups is 2. The van der Waals surface area contributed by atoms with E-state index in [0.29, 0.717) is 11.4 Å². The molecule has 2 N–H and O–H groups in total. The third-order valence-corrected chi connectivity index (χ3v) is 3.08. The van der Waals surface area contributed by atoms with Crippen LogP contribution in [0.5, 0.6) is 5.75 Å². The van der Waals surface area contributed by atoms with Crippen LogP contribution in [0.4, 0.5) is 13.2 Å². The highest BCUT2D eigenvalue weighted by molar-refractivity contribution is 5.38. The molecular formula is C18H27F3N2O3. The van der Waals surface area contributed by atoms with E-state index in [2.05, 4.69) is 9.84 Å². The second kappa shape index (κ2) is 11.5. The molecule has 0 fully saturated rings.